The van der Waals surface area contributed by atoms with Crippen molar-refractivity contribution < 1.29 is 9.90 Å². The number of rotatable bonds is 5. The highest BCUT2D eigenvalue weighted by Gasteiger charge is 2.27. The highest BCUT2D eigenvalue weighted by Crippen LogP contribution is 2.09. The van der Waals surface area contributed by atoms with E-state index in [0.717, 1.165) is 5.75 Å². The van der Waals surface area contributed by atoms with E-state index in [1.807, 2.05) is 0 Å². The lowest BCUT2D eigenvalue weighted by atomic mass is 10.1. The SMILES string of the molecule is CC(N)(CSCCN)C(=O)O.Cl.Cl. The fraction of sp³-hybridized carbons (Fsp3) is 0.833. The highest BCUT2D eigenvalue weighted by atomic mass is 35.5. The topological polar surface area (TPSA) is 89.3 Å². The number of nitrogens with two attached hydrogens (primary N) is 2. The van der Waals surface area contributed by atoms with Gasteiger partial charge >= 0.3 is 5.97 Å². The maximum atomic E-state index is 10.4. The van der Waals surface area contributed by atoms with E-state index in [2.05, 4.69) is 0 Å². The van der Waals surface area contributed by atoms with Crippen LogP contribution in [0.1, 0.15) is 6.92 Å². The monoisotopic (exact) mass is 250 g/mol. The van der Waals surface area contributed by atoms with E-state index in [1.54, 1.807) is 0 Å². The normalized spacial score (nSPS) is 13.5. The fourth-order valence-electron chi connectivity index (χ4n) is 0.429. The average Bonchev–Trinajstić information content (AvgIpc) is 1.88. The number of carbonyl (C=O) groups is 1. The molecule has 1 atom stereocenters. The van der Waals surface area contributed by atoms with E-state index in [-0.39, 0.29) is 24.8 Å². The van der Waals surface area contributed by atoms with Gasteiger partial charge in [-0.3, -0.25) is 4.79 Å². The minimum atomic E-state index is -1.13. The first kappa shape index (κ1) is 19.0. The minimum absolute atomic E-state index is 0. The summed E-state index contributed by atoms with van der Waals surface area (Å²) in [7, 11) is 0. The van der Waals surface area contributed by atoms with Gasteiger partial charge in [-0.2, -0.15) is 11.8 Å². The van der Waals surface area contributed by atoms with Crippen LogP contribution in [0.3, 0.4) is 0 Å². The van der Waals surface area contributed by atoms with Crippen molar-refractivity contribution in [3.05, 3.63) is 0 Å². The number of halogens is 2. The van der Waals surface area contributed by atoms with E-state index >= 15 is 0 Å². The molecule has 0 heterocycles. The third-order valence-electron chi connectivity index (χ3n) is 1.15. The van der Waals surface area contributed by atoms with Gasteiger partial charge in [0.25, 0.3) is 0 Å². The molecule has 0 bridgehead atoms. The molecule has 4 nitrogen and oxygen atoms in total. The van der Waals surface area contributed by atoms with Gasteiger partial charge in [0.05, 0.1) is 0 Å². The van der Waals surface area contributed by atoms with Gasteiger partial charge in [0.1, 0.15) is 5.54 Å². The van der Waals surface area contributed by atoms with Crippen LogP contribution < -0.4 is 11.5 Å². The maximum Gasteiger partial charge on any atom is 0.324 e. The zero-order chi connectivity index (χ0) is 8.91. The Kier molecular flexibility index (Phi) is 13.0. The van der Waals surface area contributed by atoms with Gasteiger partial charge in [0.15, 0.2) is 0 Å². The van der Waals surface area contributed by atoms with Crippen LogP contribution in [-0.2, 0) is 4.79 Å². The Morgan fingerprint density at radius 1 is 1.54 bits per heavy atom. The van der Waals surface area contributed by atoms with Gasteiger partial charge < -0.3 is 16.6 Å². The van der Waals surface area contributed by atoms with Gasteiger partial charge in [-0.25, -0.2) is 0 Å². The molecule has 0 aromatic carbocycles. The Bertz CT molecular complexity index is 147. The first-order chi connectivity index (χ1) is 5.00. The standard InChI is InChI=1S/C6H14N2O2S.2ClH/c1-6(8,5(9)10)4-11-3-2-7;;/h2-4,7-8H2,1H3,(H,9,10);2*1H. The highest BCUT2D eigenvalue weighted by molar-refractivity contribution is 7.99. The van der Waals surface area contributed by atoms with Gasteiger partial charge in [-0.1, -0.05) is 0 Å². The Morgan fingerprint density at radius 2 is 2.00 bits per heavy atom. The van der Waals surface area contributed by atoms with E-state index in [9.17, 15) is 4.79 Å². The summed E-state index contributed by atoms with van der Waals surface area (Å²) in [4.78, 5) is 10.4. The van der Waals surface area contributed by atoms with Gasteiger partial charge in [0.2, 0.25) is 0 Å². The average molecular weight is 251 g/mol. The van der Waals surface area contributed by atoms with Crippen LogP contribution >= 0.6 is 36.6 Å². The Balaban J connectivity index is -0.000000500. The molecule has 0 fully saturated rings. The molecule has 13 heavy (non-hydrogen) atoms. The Morgan fingerprint density at radius 3 is 2.31 bits per heavy atom. The lowest BCUT2D eigenvalue weighted by Gasteiger charge is -2.17. The third kappa shape index (κ3) is 8.64. The third-order valence-corrected chi connectivity index (χ3v) is 2.48. The molecule has 0 amide bonds. The summed E-state index contributed by atoms with van der Waals surface area (Å²) in [6.07, 6.45) is 0. The van der Waals surface area contributed by atoms with Crippen LogP contribution in [0.2, 0.25) is 0 Å². The molecule has 0 spiro atoms. The van der Waals surface area contributed by atoms with Crippen molar-refractivity contribution in [3.63, 3.8) is 0 Å². The zero-order valence-electron chi connectivity index (χ0n) is 7.36. The molecule has 5 N–H and O–H groups in total. The predicted octanol–water partition coefficient (Wildman–Crippen LogP) is 0.324. The van der Waals surface area contributed by atoms with Crippen molar-refractivity contribution in [1.29, 1.82) is 0 Å². The molecule has 0 saturated carbocycles. The second-order valence-electron chi connectivity index (χ2n) is 2.56. The fourth-order valence-corrected chi connectivity index (χ4v) is 1.29. The van der Waals surface area contributed by atoms with E-state index in [0.29, 0.717) is 12.3 Å². The molecule has 0 rings (SSSR count). The lowest BCUT2D eigenvalue weighted by Crippen LogP contribution is -2.47. The van der Waals surface area contributed by atoms with Crippen molar-refractivity contribution in [2.24, 2.45) is 11.5 Å². The Labute approximate surface area is 94.6 Å². The van der Waals surface area contributed by atoms with Crippen LogP contribution in [0.4, 0.5) is 0 Å². The molecule has 0 aliphatic carbocycles. The largest absolute Gasteiger partial charge is 0.480 e. The molecule has 7 heteroatoms. The molecule has 0 aromatic rings. The van der Waals surface area contributed by atoms with Gasteiger partial charge in [-0.05, 0) is 6.92 Å². The quantitative estimate of drug-likeness (QED) is 0.612. The molecular weight excluding hydrogens is 235 g/mol. The molecule has 82 valence electrons. The van der Waals surface area contributed by atoms with Crippen LogP contribution in [0.5, 0.6) is 0 Å². The molecule has 1 unspecified atom stereocenters. The summed E-state index contributed by atoms with van der Waals surface area (Å²) in [5.74, 6) is 0.182. The Hall–Kier alpha value is 0.320. The van der Waals surface area contributed by atoms with Crippen LogP contribution in [0.15, 0.2) is 0 Å². The van der Waals surface area contributed by atoms with E-state index in [4.69, 9.17) is 16.6 Å². The smallest absolute Gasteiger partial charge is 0.324 e. The first-order valence-electron chi connectivity index (χ1n) is 3.31. The second-order valence-corrected chi connectivity index (χ2v) is 3.67. The number of hydrogen-bond acceptors (Lipinski definition) is 4. The van der Waals surface area contributed by atoms with E-state index < -0.39 is 11.5 Å². The molecule has 0 aromatic heterocycles. The number of carboxylic acids is 1. The zero-order valence-corrected chi connectivity index (χ0v) is 9.81. The van der Waals surface area contributed by atoms with Crippen molar-refractivity contribution >= 4 is 42.5 Å². The van der Waals surface area contributed by atoms with Crippen molar-refractivity contribution in [3.8, 4) is 0 Å². The number of hydrogen-bond donors (Lipinski definition) is 3. The van der Waals surface area contributed by atoms with Crippen molar-refractivity contribution in [1.82, 2.24) is 0 Å². The van der Waals surface area contributed by atoms with Crippen molar-refractivity contribution in [2.75, 3.05) is 18.1 Å². The number of thioether (sulfide) groups is 1. The summed E-state index contributed by atoms with van der Waals surface area (Å²) < 4.78 is 0. The lowest BCUT2D eigenvalue weighted by molar-refractivity contribution is -0.141. The first-order valence-corrected chi connectivity index (χ1v) is 4.46. The predicted molar refractivity (Wildman–Crippen MR) is 61.1 cm³/mol. The van der Waals surface area contributed by atoms with Gasteiger partial charge in [0, 0.05) is 18.1 Å². The summed E-state index contributed by atoms with van der Waals surface area (Å²) in [5, 5.41) is 8.57. The van der Waals surface area contributed by atoms with Crippen LogP contribution in [-0.4, -0.2) is 34.7 Å². The molecule has 0 aliphatic heterocycles. The summed E-state index contributed by atoms with van der Waals surface area (Å²) in [6.45, 7) is 2.05. The van der Waals surface area contributed by atoms with Crippen LogP contribution in [0.25, 0.3) is 0 Å². The number of aliphatic carboxylic acids is 1. The van der Waals surface area contributed by atoms with Gasteiger partial charge in [-0.15, -0.1) is 24.8 Å². The molecule has 0 radical (unpaired) electrons. The van der Waals surface area contributed by atoms with Crippen molar-refractivity contribution in [2.45, 2.75) is 12.5 Å². The summed E-state index contributed by atoms with van der Waals surface area (Å²) >= 11 is 1.46. The molecular formula is C6H16Cl2N2O2S. The maximum absolute atomic E-state index is 10.4. The molecule has 0 saturated heterocycles. The minimum Gasteiger partial charge on any atom is -0.480 e. The summed E-state index contributed by atoms with van der Waals surface area (Å²) in [5.41, 5.74) is 9.54. The van der Waals surface area contributed by atoms with E-state index in [1.165, 1.54) is 18.7 Å². The summed E-state index contributed by atoms with van der Waals surface area (Å²) in [6, 6.07) is 0. The number of carboxylic acid groups (broad SMARTS) is 1. The molecule has 0 aliphatic rings. The van der Waals surface area contributed by atoms with Crippen LogP contribution in [0, 0.1) is 0 Å². The second kappa shape index (κ2) is 8.90.